The standard InChI is InChI=1S/C45H50FN9O4/c1-29-26-55(38-11-10-34(24-36(29)38)54-21-15-41(57)48-44(54)59)33-13-18-51(19-14-33)28-45(46)16-22-52(23-17-45)43(58)31-8-6-30(7-9-31)32-12-20-53(27-32)39-25-37(49-50-42(39)47)35-4-2-3-5-40(35)56/h2-11,24-26,32-33,56H,12-23,27-28H2,1H3,(H2,47,50)(H,48,57,59)/t32-/m0/s1. The summed E-state index contributed by atoms with van der Waals surface area (Å²) in [6.07, 6.45) is 5.84. The van der Waals surface area contributed by atoms with Gasteiger partial charge in [0, 0.05) is 117 Å². The molecule has 0 bridgehead atoms. The number of nitrogens with two attached hydrogens (primary N) is 1. The molecule has 306 valence electrons. The maximum Gasteiger partial charge on any atom is 0.328 e. The Hall–Kier alpha value is -6.02. The molecular weight excluding hydrogens is 750 g/mol. The predicted molar refractivity (Wildman–Crippen MR) is 225 cm³/mol. The highest BCUT2D eigenvalue weighted by Crippen LogP contribution is 2.38. The topological polar surface area (TPSA) is 153 Å². The lowest BCUT2D eigenvalue weighted by Crippen LogP contribution is -2.51. The Morgan fingerprint density at radius 3 is 2.44 bits per heavy atom. The Morgan fingerprint density at radius 1 is 0.932 bits per heavy atom. The molecule has 3 aromatic carbocycles. The first-order valence-electron chi connectivity index (χ1n) is 20.7. The predicted octanol–water partition coefficient (Wildman–Crippen LogP) is 6.42. The van der Waals surface area contributed by atoms with Crippen LogP contribution in [0, 0.1) is 6.92 Å². The van der Waals surface area contributed by atoms with Gasteiger partial charge in [-0.3, -0.25) is 19.8 Å². The van der Waals surface area contributed by atoms with E-state index in [1.54, 1.807) is 28.0 Å². The van der Waals surface area contributed by atoms with E-state index in [4.69, 9.17) is 5.73 Å². The maximum absolute atomic E-state index is 16.3. The zero-order valence-corrected chi connectivity index (χ0v) is 33.3. The number of alkyl halides is 1. The number of carbonyl (C=O) groups excluding carboxylic acids is 3. The number of aromatic nitrogens is 3. The molecule has 4 aliphatic rings. The SMILES string of the molecule is Cc1cn(C2CCN(CC3(F)CCN(C(=O)c4ccc([C@H]5CCN(c6cc(-c7ccccc7O)nnc6N)C5)cc4)CC3)CC2)c2ccc(N3CCC(=O)NC3=O)cc12. The average Bonchev–Trinajstić information content (AvgIpc) is 3.86. The number of para-hydroxylation sites is 1. The first kappa shape index (κ1) is 38.5. The van der Waals surface area contributed by atoms with Gasteiger partial charge in [0.05, 0.1) is 11.4 Å². The molecular formula is C45H50FN9O4. The van der Waals surface area contributed by atoms with E-state index in [2.05, 4.69) is 49.1 Å². The van der Waals surface area contributed by atoms with Gasteiger partial charge in [-0.05, 0) is 85.8 Å². The number of rotatable bonds is 8. The van der Waals surface area contributed by atoms with Gasteiger partial charge in [0.1, 0.15) is 11.4 Å². The number of likely N-dealkylation sites (tertiary alicyclic amines) is 2. The smallest absolute Gasteiger partial charge is 0.328 e. The molecule has 14 heteroatoms. The van der Waals surface area contributed by atoms with Gasteiger partial charge in [-0.15, -0.1) is 10.2 Å². The van der Waals surface area contributed by atoms with Crippen LogP contribution in [0.4, 0.5) is 26.4 Å². The number of phenols is 1. The number of hydrogen-bond acceptors (Lipinski definition) is 9. The van der Waals surface area contributed by atoms with Gasteiger partial charge in [-0.2, -0.15) is 0 Å². The molecule has 4 aliphatic heterocycles. The van der Waals surface area contributed by atoms with Gasteiger partial charge in [0.15, 0.2) is 5.82 Å². The number of nitrogens with zero attached hydrogens (tertiary/aromatic N) is 7. The van der Waals surface area contributed by atoms with Crippen LogP contribution < -0.4 is 20.9 Å². The number of phenolic OH excluding ortho intramolecular Hbond substituents is 1. The van der Waals surface area contributed by atoms with Gasteiger partial charge in [0.25, 0.3) is 5.91 Å². The van der Waals surface area contributed by atoms with Gasteiger partial charge in [-0.25, -0.2) is 9.18 Å². The number of amides is 4. The summed E-state index contributed by atoms with van der Waals surface area (Å²) in [5, 5.41) is 22.2. The number of fused-ring (bicyclic) bond motifs is 1. The van der Waals surface area contributed by atoms with Crippen LogP contribution in [0.1, 0.15) is 72.0 Å². The minimum absolute atomic E-state index is 0.0598. The lowest BCUT2D eigenvalue weighted by atomic mass is 9.91. The van der Waals surface area contributed by atoms with Crippen molar-refractivity contribution in [1.82, 2.24) is 29.9 Å². The molecule has 0 unspecified atom stereocenters. The van der Waals surface area contributed by atoms with E-state index < -0.39 is 5.67 Å². The molecule has 1 atom stereocenters. The summed E-state index contributed by atoms with van der Waals surface area (Å²) in [5.74, 6) is 0.419. The fourth-order valence-corrected chi connectivity index (χ4v) is 9.52. The highest BCUT2D eigenvalue weighted by atomic mass is 19.1. The molecule has 4 amide bonds. The lowest BCUT2D eigenvalue weighted by Gasteiger charge is -2.41. The average molecular weight is 800 g/mol. The van der Waals surface area contributed by atoms with Crippen LogP contribution in [0.5, 0.6) is 5.75 Å². The Kier molecular flexibility index (Phi) is 10.2. The normalized spacial score (nSPS) is 20.4. The quantitative estimate of drug-likeness (QED) is 0.162. The number of hydrogen-bond donors (Lipinski definition) is 3. The molecule has 59 heavy (non-hydrogen) atoms. The number of urea groups is 1. The number of piperidine rings is 2. The molecule has 0 radical (unpaired) electrons. The van der Waals surface area contributed by atoms with Crippen LogP contribution in [0.25, 0.3) is 22.2 Å². The second-order valence-corrected chi connectivity index (χ2v) is 16.7. The molecule has 4 fully saturated rings. The number of nitrogens with one attached hydrogen (secondary N) is 1. The summed E-state index contributed by atoms with van der Waals surface area (Å²) in [4.78, 5) is 45.5. The summed E-state index contributed by atoms with van der Waals surface area (Å²) in [6, 6.07) is 22.7. The number of benzene rings is 3. The van der Waals surface area contributed by atoms with Crippen molar-refractivity contribution in [2.45, 2.75) is 63.1 Å². The first-order valence-corrected chi connectivity index (χ1v) is 20.7. The molecule has 4 N–H and O–H groups in total. The Balaban J connectivity index is 0.760. The largest absolute Gasteiger partial charge is 0.507 e. The third-order valence-corrected chi connectivity index (χ3v) is 12.9. The Labute approximate surface area is 342 Å². The van der Waals surface area contributed by atoms with Gasteiger partial charge in [-0.1, -0.05) is 24.3 Å². The molecule has 6 heterocycles. The number of aryl methyl sites for hydroxylation is 1. The van der Waals surface area contributed by atoms with E-state index in [-0.39, 0.29) is 35.9 Å². The van der Waals surface area contributed by atoms with Crippen LogP contribution >= 0.6 is 0 Å². The van der Waals surface area contributed by atoms with Crippen molar-refractivity contribution in [1.29, 1.82) is 0 Å². The van der Waals surface area contributed by atoms with Crippen LogP contribution in [0.3, 0.4) is 0 Å². The van der Waals surface area contributed by atoms with E-state index in [0.29, 0.717) is 67.7 Å². The van der Waals surface area contributed by atoms with Gasteiger partial charge >= 0.3 is 6.03 Å². The number of carbonyl (C=O) groups is 3. The van der Waals surface area contributed by atoms with Crippen molar-refractivity contribution in [2.75, 3.05) is 67.9 Å². The van der Waals surface area contributed by atoms with Crippen LogP contribution in [0.2, 0.25) is 0 Å². The zero-order valence-electron chi connectivity index (χ0n) is 33.3. The number of halogens is 1. The lowest BCUT2D eigenvalue weighted by molar-refractivity contribution is -0.120. The second-order valence-electron chi connectivity index (χ2n) is 16.7. The minimum Gasteiger partial charge on any atom is -0.507 e. The fourth-order valence-electron chi connectivity index (χ4n) is 9.52. The van der Waals surface area contributed by atoms with E-state index >= 15 is 4.39 Å². The summed E-state index contributed by atoms with van der Waals surface area (Å²) < 4.78 is 18.7. The van der Waals surface area contributed by atoms with Crippen molar-refractivity contribution in [3.05, 3.63) is 95.7 Å². The second kappa shape index (κ2) is 15.6. The van der Waals surface area contributed by atoms with E-state index in [0.717, 1.165) is 78.8 Å². The molecule has 5 aromatic rings. The van der Waals surface area contributed by atoms with Gasteiger partial charge in [0.2, 0.25) is 5.91 Å². The van der Waals surface area contributed by atoms with Crippen LogP contribution in [-0.2, 0) is 4.79 Å². The van der Waals surface area contributed by atoms with Crippen molar-refractivity contribution in [2.24, 2.45) is 0 Å². The third kappa shape index (κ3) is 7.69. The van der Waals surface area contributed by atoms with Crippen molar-refractivity contribution in [3.8, 4) is 17.0 Å². The molecule has 0 aliphatic carbocycles. The Morgan fingerprint density at radius 2 is 1.69 bits per heavy atom. The minimum atomic E-state index is -1.34. The molecule has 0 spiro atoms. The van der Waals surface area contributed by atoms with Crippen molar-refractivity contribution in [3.63, 3.8) is 0 Å². The highest BCUT2D eigenvalue weighted by Gasteiger charge is 2.39. The van der Waals surface area contributed by atoms with E-state index in [1.807, 2.05) is 48.5 Å². The monoisotopic (exact) mass is 799 g/mol. The summed E-state index contributed by atoms with van der Waals surface area (Å²) in [5.41, 5.74) is 11.7. The zero-order chi connectivity index (χ0) is 40.8. The third-order valence-electron chi connectivity index (χ3n) is 12.9. The van der Waals surface area contributed by atoms with Crippen LogP contribution in [0.15, 0.2) is 79.0 Å². The number of aromatic hydroxyl groups is 1. The molecule has 2 aromatic heterocycles. The molecule has 9 rings (SSSR count). The maximum atomic E-state index is 16.3. The number of anilines is 3. The van der Waals surface area contributed by atoms with Crippen molar-refractivity contribution < 1.29 is 23.9 Å². The van der Waals surface area contributed by atoms with Crippen molar-refractivity contribution >= 4 is 45.9 Å². The summed E-state index contributed by atoms with van der Waals surface area (Å²) in [6.45, 7) is 6.73. The first-order chi connectivity index (χ1) is 28.5. The van der Waals surface area contributed by atoms with E-state index in [9.17, 15) is 19.5 Å². The summed E-state index contributed by atoms with van der Waals surface area (Å²) in [7, 11) is 0. The van der Waals surface area contributed by atoms with E-state index in [1.165, 1.54) is 0 Å². The number of nitrogen functional groups attached to an aromatic ring is 1. The molecule has 13 nitrogen and oxygen atoms in total. The summed E-state index contributed by atoms with van der Waals surface area (Å²) >= 11 is 0. The molecule has 0 saturated carbocycles. The Bertz CT molecular complexity index is 2400. The fraction of sp³-hybridized carbons (Fsp3) is 0.400. The molecule has 4 saturated heterocycles. The number of imide groups is 1. The van der Waals surface area contributed by atoms with Crippen LogP contribution in [-0.4, -0.2) is 106 Å². The highest BCUT2D eigenvalue weighted by molar-refractivity contribution is 6.06. The van der Waals surface area contributed by atoms with Gasteiger partial charge < -0.3 is 30.1 Å².